The van der Waals surface area contributed by atoms with Gasteiger partial charge in [0, 0.05) is 17.7 Å². The van der Waals surface area contributed by atoms with E-state index in [1.54, 1.807) is 0 Å². The van der Waals surface area contributed by atoms with Crippen LogP contribution in [0.15, 0.2) is 33.5 Å². The maximum Gasteiger partial charge on any atom is 0.204 e. The number of phenols is 3. The predicted octanol–water partition coefficient (Wildman–Crippen LogP) is 2.60. The highest BCUT2D eigenvalue weighted by atomic mass is 16.5. The molecular formula is C18H16O8. The van der Waals surface area contributed by atoms with Gasteiger partial charge < -0.3 is 33.9 Å². The van der Waals surface area contributed by atoms with Crippen molar-refractivity contribution in [1.29, 1.82) is 0 Å². The second-order valence-corrected chi connectivity index (χ2v) is 5.36. The molecule has 2 aromatic carbocycles. The standard InChI is InChI=1S/C18H16O8/c1-23-14-5-8(4-11(21)16(14)24-2)13-7-10(20)15-9(19)6-12(22)17(25-3)18(15)26-13/h4-7,19,21-22H,1-3H3. The maximum absolute atomic E-state index is 12.5. The van der Waals surface area contributed by atoms with Crippen LogP contribution in [-0.4, -0.2) is 36.6 Å². The summed E-state index contributed by atoms with van der Waals surface area (Å²) in [4.78, 5) is 12.5. The van der Waals surface area contributed by atoms with Crippen LogP contribution in [0.25, 0.3) is 22.3 Å². The number of methoxy groups -OCH3 is 3. The van der Waals surface area contributed by atoms with Gasteiger partial charge in [0.25, 0.3) is 0 Å². The summed E-state index contributed by atoms with van der Waals surface area (Å²) in [5.41, 5.74) is -0.350. The number of benzene rings is 2. The summed E-state index contributed by atoms with van der Waals surface area (Å²) < 4.78 is 21.0. The lowest BCUT2D eigenvalue weighted by Crippen LogP contribution is -2.02. The van der Waals surface area contributed by atoms with Gasteiger partial charge in [-0.15, -0.1) is 0 Å². The molecule has 0 aliphatic rings. The molecule has 136 valence electrons. The van der Waals surface area contributed by atoms with Crippen molar-refractivity contribution >= 4 is 11.0 Å². The van der Waals surface area contributed by atoms with Gasteiger partial charge in [-0.3, -0.25) is 4.79 Å². The van der Waals surface area contributed by atoms with Crippen molar-refractivity contribution in [1.82, 2.24) is 0 Å². The van der Waals surface area contributed by atoms with Crippen LogP contribution >= 0.6 is 0 Å². The molecule has 26 heavy (non-hydrogen) atoms. The van der Waals surface area contributed by atoms with Gasteiger partial charge in [0.2, 0.25) is 11.5 Å². The van der Waals surface area contributed by atoms with Crippen molar-refractivity contribution in [3.05, 3.63) is 34.5 Å². The van der Waals surface area contributed by atoms with Crippen LogP contribution in [0.3, 0.4) is 0 Å². The van der Waals surface area contributed by atoms with Crippen molar-refractivity contribution in [2.45, 2.75) is 0 Å². The van der Waals surface area contributed by atoms with E-state index in [0.717, 1.165) is 12.1 Å². The van der Waals surface area contributed by atoms with E-state index < -0.39 is 11.2 Å². The van der Waals surface area contributed by atoms with Crippen molar-refractivity contribution < 1.29 is 33.9 Å². The molecule has 0 amide bonds. The summed E-state index contributed by atoms with van der Waals surface area (Å²) in [6.45, 7) is 0. The molecule has 3 aromatic rings. The lowest BCUT2D eigenvalue weighted by atomic mass is 10.1. The number of fused-ring (bicyclic) bond motifs is 1. The van der Waals surface area contributed by atoms with Crippen LogP contribution in [0.5, 0.6) is 34.5 Å². The molecule has 0 saturated heterocycles. The maximum atomic E-state index is 12.5. The Bertz CT molecular complexity index is 1050. The van der Waals surface area contributed by atoms with Gasteiger partial charge in [0.1, 0.15) is 16.9 Å². The number of phenolic OH excluding ortho intramolecular Hbond substituents is 3. The van der Waals surface area contributed by atoms with E-state index in [1.807, 2.05) is 0 Å². The molecule has 1 heterocycles. The van der Waals surface area contributed by atoms with Gasteiger partial charge in [-0.25, -0.2) is 0 Å². The molecule has 3 N–H and O–H groups in total. The Morgan fingerprint density at radius 3 is 2.08 bits per heavy atom. The highest BCUT2D eigenvalue weighted by molar-refractivity contribution is 5.91. The fourth-order valence-electron chi connectivity index (χ4n) is 2.71. The average molecular weight is 360 g/mol. The van der Waals surface area contributed by atoms with E-state index >= 15 is 0 Å². The summed E-state index contributed by atoms with van der Waals surface area (Å²) in [6.07, 6.45) is 0. The minimum atomic E-state index is -0.550. The summed E-state index contributed by atoms with van der Waals surface area (Å²) in [5.74, 6) is -0.691. The average Bonchev–Trinajstić information content (AvgIpc) is 2.60. The third-order valence-corrected chi connectivity index (χ3v) is 3.86. The van der Waals surface area contributed by atoms with Crippen LogP contribution in [-0.2, 0) is 0 Å². The van der Waals surface area contributed by atoms with E-state index in [-0.39, 0.29) is 45.5 Å². The van der Waals surface area contributed by atoms with Gasteiger partial charge >= 0.3 is 0 Å². The Hall–Kier alpha value is -3.55. The molecule has 0 spiro atoms. The highest BCUT2D eigenvalue weighted by Gasteiger charge is 2.20. The van der Waals surface area contributed by atoms with Gasteiger partial charge in [-0.05, 0) is 12.1 Å². The number of rotatable bonds is 4. The molecule has 8 nitrogen and oxygen atoms in total. The Labute approximate surface area is 147 Å². The molecule has 0 fully saturated rings. The van der Waals surface area contributed by atoms with Crippen LogP contribution < -0.4 is 19.6 Å². The number of aromatic hydroxyl groups is 3. The van der Waals surface area contributed by atoms with E-state index in [2.05, 4.69) is 0 Å². The van der Waals surface area contributed by atoms with Crippen LogP contribution in [0.1, 0.15) is 0 Å². The minimum Gasteiger partial charge on any atom is -0.507 e. The molecule has 8 heteroatoms. The minimum absolute atomic E-state index is 0.0713. The third kappa shape index (κ3) is 2.61. The Kier molecular flexibility index (Phi) is 4.25. The number of hydrogen-bond donors (Lipinski definition) is 3. The SMILES string of the molecule is COc1cc(-c2cc(=O)c3c(O)cc(O)c(OC)c3o2)cc(O)c1OC. The van der Waals surface area contributed by atoms with Crippen molar-refractivity contribution in [2.75, 3.05) is 21.3 Å². The fraction of sp³-hybridized carbons (Fsp3) is 0.167. The molecular weight excluding hydrogens is 344 g/mol. The largest absolute Gasteiger partial charge is 0.507 e. The van der Waals surface area contributed by atoms with Gasteiger partial charge in [0.15, 0.2) is 28.3 Å². The number of ether oxygens (including phenoxy) is 3. The Morgan fingerprint density at radius 2 is 1.46 bits per heavy atom. The Morgan fingerprint density at radius 1 is 0.808 bits per heavy atom. The fourth-order valence-corrected chi connectivity index (χ4v) is 2.71. The quantitative estimate of drug-likeness (QED) is 0.650. The molecule has 0 unspecified atom stereocenters. The summed E-state index contributed by atoms with van der Waals surface area (Å²) in [6, 6.07) is 5.00. The number of hydrogen-bond acceptors (Lipinski definition) is 8. The highest BCUT2D eigenvalue weighted by Crippen LogP contribution is 2.43. The topological polar surface area (TPSA) is 119 Å². The molecule has 0 radical (unpaired) electrons. The molecule has 1 aromatic heterocycles. The van der Waals surface area contributed by atoms with Gasteiger partial charge in [0.05, 0.1) is 21.3 Å². The summed E-state index contributed by atoms with van der Waals surface area (Å²) in [7, 11) is 4.07. The van der Waals surface area contributed by atoms with E-state index in [1.165, 1.54) is 33.5 Å². The van der Waals surface area contributed by atoms with Crippen molar-refractivity contribution in [3.8, 4) is 45.8 Å². The Balaban J connectivity index is 2.34. The van der Waals surface area contributed by atoms with Gasteiger partial charge in [-0.2, -0.15) is 0 Å². The first-order valence-electron chi connectivity index (χ1n) is 7.43. The third-order valence-electron chi connectivity index (χ3n) is 3.86. The van der Waals surface area contributed by atoms with E-state index in [4.69, 9.17) is 18.6 Å². The molecule has 0 aliphatic carbocycles. The second-order valence-electron chi connectivity index (χ2n) is 5.36. The first-order chi connectivity index (χ1) is 12.4. The zero-order chi connectivity index (χ0) is 19.0. The van der Waals surface area contributed by atoms with E-state index in [0.29, 0.717) is 5.56 Å². The second kappa shape index (κ2) is 6.40. The van der Waals surface area contributed by atoms with Crippen molar-refractivity contribution in [3.63, 3.8) is 0 Å². The zero-order valence-electron chi connectivity index (χ0n) is 14.2. The lowest BCUT2D eigenvalue weighted by molar-refractivity contribution is 0.333. The van der Waals surface area contributed by atoms with Crippen LogP contribution in [0, 0.1) is 0 Å². The zero-order valence-corrected chi connectivity index (χ0v) is 14.2. The molecule has 3 rings (SSSR count). The van der Waals surface area contributed by atoms with Gasteiger partial charge in [-0.1, -0.05) is 0 Å². The molecule has 0 saturated carbocycles. The molecule has 0 bridgehead atoms. The molecule has 0 aliphatic heterocycles. The lowest BCUT2D eigenvalue weighted by Gasteiger charge is -2.13. The first kappa shape index (κ1) is 17.3. The van der Waals surface area contributed by atoms with Crippen LogP contribution in [0.4, 0.5) is 0 Å². The monoisotopic (exact) mass is 360 g/mol. The van der Waals surface area contributed by atoms with Crippen molar-refractivity contribution in [2.24, 2.45) is 0 Å². The van der Waals surface area contributed by atoms with Crippen LogP contribution in [0.2, 0.25) is 0 Å². The summed E-state index contributed by atoms with van der Waals surface area (Å²) in [5, 5.41) is 29.8. The summed E-state index contributed by atoms with van der Waals surface area (Å²) >= 11 is 0. The normalized spacial score (nSPS) is 10.7. The molecule has 0 atom stereocenters. The smallest absolute Gasteiger partial charge is 0.204 e. The predicted molar refractivity (Wildman–Crippen MR) is 92.6 cm³/mol. The van der Waals surface area contributed by atoms with E-state index in [9.17, 15) is 20.1 Å². The first-order valence-corrected chi connectivity index (χ1v) is 7.43.